The number of carboxylic acid groups (broad SMARTS) is 3. The van der Waals surface area contributed by atoms with E-state index in [-0.39, 0.29) is 42.7 Å². The van der Waals surface area contributed by atoms with Crippen LogP contribution in [0, 0.1) is 17.8 Å². The number of allylic oxidation sites excluding steroid dienone is 2. The largest absolute Gasteiger partial charge is 0.491 e. The maximum atomic E-state index is 13.9. The summed E-state index contributed by atoms with van der Waals surface area (Å²) in [4.78, 5) is 116. The van der Waals surface area contributed by atoms with Gasteiger partial charge in [0.2, 0.25) is 0 Å². The Morgan fingerprint density at radius 1 is 0.586 bits per heavy atom. The van der Waals surface area contributed by atoms with Crippen LogP contribution >= 0.6 is 0 Å². The molecule has 6 aromatic carbocycles. The zero-order valence-electron chi connectivity index (χ0n) is 48.2. The first-order chi connectivity index (χ1) is 41.6. The van der Waals surface area contributed by atoms with E-state index in [1.54, 1.807) is 64.1 Å². The van der Waals surface area contributed by atoms with Gasteiger partial charge in [0.25, 0.3) is 0 Å². The maximum Gasteiger partial charge on any atom is 0.339 e. The number of ketones is 3. The molecule has 2 aliphatic carbocycles. The number of fused-ring (bicyclic) bond motifs is 3. The number of ether oxygens (including phenoxy) is 6. The average Bonchev–Trinajstić information content (AvgIpc) is 1.57. The Bertz CT molecular complexity index is 3660. The lowest BCUT2D eigenvalue weighted by Gasteiger charge is -2.35. The van der Waals surface area contributed by atoms with Gasteiger partial charge in [0.1, 0.15) is 49.6 Å². The number of aromatic carboxylic acids is 2. The van der Waals surface area contributed by atoms with Crippen LogP contribution in [-0.4, -0.2) is 113 Å². The molecule has 3 N–H and O–H groups in total. The van der Waals surface area contributed by atoms with Crippen molar-refractivity contribution >= 4 is 53.2 Å². The van der Waals surface area contributed by atoms with Gasteiger partial charge in [-0.2, -0.15) is 0 Å². The second-order valence-corrected chi connectivity index (χ2v) is 21.4. The minimum atomic E-state index is -1.60. The molecule has 8 rings (SSSR count). The molecular formula is C69H64O18. The van der Waals surface area contributed by atoms with Crippen molar-refractivity contribution in [2.45, 2.75) is 70.2 Å². The number of carbonyl (C=O) groups is 9. The van der Waals surface area contributed by atoms with E-state index in [9.17, 15) is 58.5 Å². The number of carbonyl (C=O) groups excluding carboxylic acids is 6. The van der Waals surface area contributed by atoms with Crippen LogP contribution in [-0.2, 0) is 43.5 Å². The second kappa shape index (κ2) is 27.3. The summed E-state index contributed by atoms with van der Waals surface area (Å²) >= 11 is 0. The highest BCUT2D eigenvalue weighted by molar-refractivity contribution is 6.14. The van der Waals surface area contributed by atoms with Gasteiger partial charge < -0.3 is 43.7 Å². The van der Waals surface area contributed by atoms with E-state index in [1.165, 1.54) is 18.2 Å². The number of hydrogen-bond donors (Lipinski definition) is 3. The quantitative estimate of drug-likeness (QED) is 0.0135. The molecule has 448 valence electrons. The number of benzene rings is 6. The van der Waals surface area contributed by atoms with Crippen molar-refractivity contribution in [3.63, 3.8) is 0 Å². The number of hydrogen-bond acceptors (Lipinski definition) is 15. The molecule has 2 aliphatic rings. The van der Waals surface area contributed by atoms with Gasteiger partial charge >= 0.3 is 35.8 Å². The van der Waals surface area contributed by atoms with E-state index in [2.05, 4.69) is 37.4 Å². The summed E-state index contributed by atoms with van der Waals surface area (Å²) < 4.78 is 35.1. The third kappa shape index (κ3) is 13.7. The van der Waals surface area contributed by atoms with Crippen LogP contribution < -0.4 is 9.47 Å². The van der Waals surface area contributed by atoms with Crippen molar-refractivity contribution in [2.75, 3.05) is 26.4 Å². The van der Waals surface area contributed by atoms with Crippen molar-refractivity contribution in [1.29, 1.82) is 0 Å². The van der Waals surface area contributed by atoms with Crippen LogP contribution in [0.15, 0.2) is 171 Å². The van der Waals surface area contributed by atoms with Gasteiger partial charge in [0.15, 0.2) is 23.5 Å². The van der Waals surface area contributed by atoms with Gasteiger partial charge in [-0.15, -0.1) is 0 Å². The van der Waals surface area contributed by atoms with Crippen molar-refractivity contribution in [2.24, 2.45) is 17.8 Å². The number of carboxylic acids is 3. The van der Waals surface area contributed by atoms with Gasteiger partial charge in [-0.05, 0) is 115 Å². The first-order valence-electron chi connectivity index (χ1n) is 28.0. The average molecular weight is 1180 g/mol. The van der Waals surface area contributed by atoms with Gasteiger partial charge in [-0.3, -0.25) is 19.2 Å². The lowest BCUT2D eigenvalue weighted by molar-refractivity contribution is -0.167. The van der Waals surface area contributed by atoms with E-state index in [1.807, 2.05) is 48.5 Å². The Labute approximate surface area is 501 Å². The molecule has 0 spiro atoms. The van der Waals surface area contributed by atoms with Crippen LogP contribution in [0.1, 0.15) is 127 Å². The summed E-state index contributed by atoms with van der Waals surface area (Å²) in [6, 6.07) is 37.5. The number of Topliss-reactive ketones (excluding diaryl/α,β-unsaturated/α-hetero) is 2. The summed E-state index contributed by atoms with van der Waals surface area (Å²) in [7, 11) is 0. The Kier molecular flexibility index (Phi) is 19.8. The van der Waals surface area contributed by atoms with Crippen molar-refractivity contribution in [1.82, 2.24) is 0 Å². The molecule has 87 heavy (non-hydrogen) atoms. The summed E-state index contributed by atoms with van der Waals surface area (Å²) in [5.74, 6) is -9.94. The minimum absolute atomic E-state index is 0.0798. The zero-order chi connectivity index (χ0) is 62.7. The van der Waals surface area contributed by atoms with Crippen LogP contribution in [0.4, 0.5) is 0 Å². The van der Waals surface area contributed by atoms with Crippen LogP contribution in [0.3, 0.4) is 0 Å². The van der Waals surface area contributed by atoms with Crippen molar-refractivity contribution in [3.05, 3.63) is 227 Å². The molecule has 0 heterocycles. The monoisotopic (exact) mass is 1180 g/mol. The molecule has 0 aromatic heterocycles. The highest BCUT2D eigenvalue weighted by Gasteiger charge is 2.47. The number of esters is 3. The molecule has 0 aliphatic heterocycles. The molecule has 5 atom stereocenters. The molecule has 5 unspecified atom stereocenters. The van der Waals surface area contributed by atoms with Gasteiger partial charge in [-0.25, -0.2) is 24.0 Å². The summed E-state index contributed by atoms with van der Waals surface area (Å²) in [6.45, 7) is 12.0. The molecule has 0 saturated heterocycles. The molecule has 0 fully saturated rings. The molecule has 0 radical (unpaired) electrons. The van der Waals surface area contributed by atoms with E-state index in [0.717, 1.165) is 63.7 Å². The van der Waals surface area contributed by atoms with Crippen LogP contribution in [0.5, 0.6) is 11.5 Å². The zero-order valence-corrected chi connectivity index (χ0v) is 48.2. The molecule has 18 nitrogen and oxygen atoms in total. The fourth-order valence-electron chi connectivity index (χ4n) is 11.0. The lowest BCUT2D eigenvalue weighted by Crippen LogP contribution is -2.48. The topological polar surface area (TPSA) is 270 Å². The molecule has 18 heteroatoms. The van der Waals surface area contributed by atoms with Crippen molar-refractivity contribution in [3.8, 4) is 22.6 Å². The standard InChI is InChI=1S/C69H64O18/c1-7-40(4)61(72)51-32-22-41(34-55(51)65(77)78)62(73)42-23-33-54(56(35-42)66(79)80)67(81)86-47(37-84-59(70)8-2)36-82-45-28-24-43(25-29-45)69(57-20-14-12-16-49(57)50-17-13-15-21-58(50)69)44-26-30-46(31-27-44)83-38-48(39-85-60(71)9-3)87-68(5,6)63(74)52-18-10-11-19-53(52)64(75)76/h8-17,20-35,40,47-48,52-53H,2-3,7,18-19,36-39H2,1,4-6H3,(H,75,76)(H,77,78)(H,79,80). The Morgan fingerprint density at radius 3 is 1.53 bits per heavy atom. The Hall–Kier alpha value is -10.1. The third-order valence-electron chi connectivity index (χ3n) is 15.5. The number of rotatable bonds is 28. The minimum Gasteiger partial charge on any atom is -0.491 e. The summed E-state index contributed by atoms with van der Waals surface area (Å²) in [5, 5.41) is 30.1. The first-order valence-corrected chi connectivity index (χ1v) is 28.0. The summed E-state index contributed by atoms with van der Waals surface area (Å²) in [6.07, 6.45) is 4.05. The highest BCUT2D eigenvalue weighted by atomic mass is 16.6. The van der Waals surface area contributed by atoms with E-state index in [0.29, 0.717) is 17.9 Å². The SMILES string of the molecule is C=CC(=O)OCC(COc1ccc(C2(c3ccc(OCC(COC(=O)C=C)OC(C)(C)C(=O)C4CC=CCC4C(=O)O)cc3)c3ccccc3-c3ccccc32)cc1)OC(=O)c1ccc(C(=O)c2ccc(C(=O)C(C)CC)c(C(=O)O)c2)cc1C(=O)O. The Balaban J connectivity index is 1.03. The third-order valence-corrected chi connectivity index (χ3v) is 15.5. The molecular weight excluding hydrogens is 1120 g/mol. The predicted octanol–water partition coefficient (Wildman–Crippen LogP) is 10.7. The molecule has 0 bridgehead atoms. The second-order valence-electron chi connectivity index (χ2n) is 21.4. The Morgan fingerprint density at radius 2 is 1.05 bits per heavy atom. The van der Waals surface area contributed by atoms with E-state index >= 15 is 0 Å². The number of aliphatic carboxylic acids is 1. The van der Waals surface area contributed by atoms with Gasteiger partial charge in [0, 0.05) is 40.7 Å². The van der Waals surface area contributed by atoms with E-state index in [4.69, 9.17) is 28.4 Å². The normalized spacial score (nSPS) is 15.6. The fourth-order valence-corrected chi connectivity index (χ4v) is 11.0. The molecule has 6 aromatic rings. The van der Waals surface area contributed by atoms with Crippen LogP contribution in [0.25, 0.3) is 11.1 Å². The smallest absolute Gasteiger partial charge is 0.339 e. The molecule has 0 amide bonds. The summed E-state index contributed by atoms with van der Waals surface area (Å²) in [5.41, 5.74) is 1.30. The highest BCUT2D eigenvalue weighted by Crippen LogP contribution is 2.56. The fraction of sp³-hybridized carbons (Fsp3) is 0.261. The predicted molar refractivity (Wildman–Crippen MR) is 317 cm³/mol. The first kappa shape index (κ1) is 63.0. The lowest BCUT2D eigenvalue weighted by atomic mass is 9.68. The maximum absolute atomic E-state index is 13.9. The van der Waals surface area contributed by atoms with E-state index < -0.39 is 124 Å². The van der Waals surface area contributed by atoms with Crippen molar-refractivity contribution < 1.29 is 86.9 Å². The van der Waals surface area contributed by atoms with Gasteiger partial charge in [0.05, 0.1) is 28.0 Å². The van der Waals surface area contributed by atoms with Crippen LogP contribution in [0.2, 0.25) is 0 Å². The van der Waals surface area contributed by atoms with Gasteiger partial charge in [-0.1, -0.05) is 124 Å². The molecule has 0 saturated carbocycles.